The zero-order valence-electron chi connectivity index (χ0n) is 11.8. The van der Waals surface area contributed by atoms with Crippen molar-refractivity contribution in [1.82, 2.24) is 0 Å². The number of hydrogen-bond donors (Lipinski definition) is 1. The van der Waals surface area contributed by atoms with Crippen molar-refractivity contribution < 1.29 is 9.53 Å². The molecule has 0 fully saturated rings. The summed E-state index contributed by atoms with van der Waals surface area (Å²) in [5.41, 5.74) is 2.09. The Morgan fingerprint density at radius 2 is 2.33 bits per heavy atom. The Hall–Kier alpha value is -1.14. The van der Waals surface area contributed by atoms with Gasteiger partial charge in [0.1, 0.15) is 10.1 Å². The molecule has 1 N–H and O–H groups in total. The fourth-order valence-electron chi connectivity index (χ4n) is 2.25. The van der Waals surface area contributed by atoms with Crippen LogP contribution in [0.1, 0.15) is 18.4 Å². The fraction of sp³-hybridized carbons (Fsp3) is 0.467. The smallest absolute Gasteiger partial charge is 0.224 e. The minimum Gasteiger partial charge on any atom is -0.493 e. The number of anilines is 1. The highest BCUT2D eigenvalue weighted by molar-refractivity contribution is 8.39. The van der Waals surface area contributed by atoms with Crippen molar-refractivity contribution in [2.45, 2.75) is 19.3 Å². The number of carbonyl (C=O) groups excluding carboxylic acids is 1. The quantitative estimate of drug-likeness (QED) is 0.846. The number of hydrogen-bond acceptors (Lipinski definition) is 5. The number of carbonyl (C=O) groups is 1. The van der Waals surface area contributed by atoms with E-state index >= 15 is 0 Å². The summed E-state index contributed by atoms with van der Waals surface area (Å²) >= 11 is 3.66. The Morgan fingerprint density at radius 3 is 3.19 bits per heavy atom. The topological polar surface area (TPSA) is 50.7 Å². The van der Waals surface area contributed by atoms with Gasteiger partial charge in [-0.2, -0.15) is 0 Å². The van der Waals surface area contributed by atoms with E-state index in [4.69, 9.17) is 4.74 Å². The predicted octanol–water partition coefficient (Wildman–Crippen LogP) is 3.18. The van der Waals surface area contributed by atoms with Gasteiger partial charge in [0.15, 0.2) is 0 Å². The van der Waals surface area contributed by atoms with E-state index in [0.29, 0.717) is 13.0 Å². The second-order valence-corrected chi connectivity index (χ2v) is 7.34. The van der Waals surface area contributed by atoms with Gasteiger partial charge in [-0.15, -0.1) is 0 Å². The SMILES string of the molecule is O=C1CCc2ccc(OCCCSC3=NCCS3)cc2N1. The molecular formula is C15H18N2O2S2. The van der Waals surface area contributed by atoms with Gasteiger partial charge in [-0.1, -0.05) is 29.6 Å². The maximum absolute atomic E-state index is 11.4. The number of aliphatic imine (C=N–C) groups is 1. The zero-order chi connectivity index (χ0) is 14.5. The van der Waals surface area contributed by atoms with E-state index in [0.717, 1.165) is 42.3 Å². The summed E-state index contributed by atoms with van der Waals surface area (Å²) in [5, 5.41) is 2.90. The van der Waals surface area contributed by atoms with Gasteiger partial charge in [0.2, 0.25) is 5.91 Å². The van der Waals surface area contributed by atoms with E-state index in [9.17, 15) is 4.79 Å². The van der Waals surface area contributed by atoms with E-state index in [-0.39, 0.29) is 5.91 Å². The van der Waals surface area contributed by atoms with Crippen molar-refractivity contribution in [3.63, 3.8) is 0 Å². The third-order valence-electron chi connectivity index (χ3n) is 3.32. The van der Waals surface area contributed by atoms with Gasteiger partial charge >= 0.3 is 0 Å². The Balaban J connectivity index is 1.43. The highest BCUT2D eigenvalue weighted by atomic mass is 32.2. The summed E-state index contributed by atoms with van der Waals surface area (Å²) in [4.78, 5) is 15.8. The van der Waals surface area contributed by atoms with Crippen LogP contribution in [0, 0.1) is 0 Å². The second-order valence-electron chi connectivity index (χ2n) is 4.91. The minimum absolute atomic E-state index is 0.0888. The fourth-order valence-corrected chi connectivity index (χ4v) is 4.24. The van der Waals surface area contributed by atoms with Crippen LogP contribution in [-0.2, 0) is 11.2 Å². The van der Waals surface area contributed by atoms with Crippen molar-refractivity contribution in [1.29, 1.82) is 0 Å². The normalized spacial score (nSPS) is 17.1. The van der Waals surface area contributed by atoms with Crippen molar-refractivity contribution >= 4 is 39.5 Å². The first-order chi connectivity index (χ1) is 10.3. The summed E-state index contributed by atoms with van der Waals surface area (Å²) in [5.74, 6) is 3.08. The van der Waals surface area contributed by atoms with E-state index in [1.165, 1.54) is 9.94 Å². The largest absolute Gasteiger partial charge is 0.493 e. The van der Waals surface area contributed by atoms with Crippen molar-refractivity contribution in [3.8, 4) is 5.75 Å². The number of fused-ring (bicyclic) bond motifs is 1. The monoisotopic (exact) mass is 322 g/mol. The van der Waals surface area contributed by atoms with Gasteiger partial charge in [0.25, 0.3) is 0 Å². The van der Waals surface area contributed by atoms with Crippen LogP contribution in [0.25, 0.3) is 0 Å². The molecule has 2 aliphatic rings. The molecule has 3 rings (SSSR count). The van der Waals surface area contributed by atoms with Crippen molar-refractivity contribution in [3.05, 3.63) is 23.8 Å². The third kappa shape index (κ3) is 4.17. The molecule has 112 valence electrons. The van der Waals surface area contributed by atoms with Gasteiger partial charge < -0.3 is 10.1 Å². The zero-order valence-corrected chi connectivity index (χ0v) is 13.4. The Morgan fingerprint density at radius 1 is 1.38 bits per heavy atom. The Labute approximate surface area is 133 Å². The predicted molar refractivity (Wildman–Crippen MR) is 90.7 cm³/mol. The lowest BCUT2D eigenvalue weighted by molar-refractivity contribution is -0.116. The van der Waals surface area contributed by atoms with Crippen LogP contribution in [0.4, 0.5) is 5.69 Å². The molecule has 0 saturated carbocycles. The molecule has 1 aromatic carbocycles. The molecule has 0 unspecified atom stereocenters. The summed E-state index contributed by atoms with van der Waals surface area (Å²) in [6.07, 6.45) is 2.39. The third-order valence-corrected chi connectivity index (χ3v) is 5.66. The molecule has 0 spiro atoms. The molecule has 6 heteroatoms. The average Bonchev–Trinajstić information content (AvgIpc) is 3.00. The first kappa shape index (κ1) is 14.8. The Bertz CT molecular complexity index is 561. The summed E-state index contributed by atoms with van der Waals surface area (Å²) in [7, 11) is 0. The highest BCUT2D eigenvalue weighted by Crippen LogP contribution is 2.27. The van der Waals surface area contributed by atoms with E-state index < -0.39 is 0 Å². The molecule has 1 aromatic rings. The number of rotatable bonds is 5. The molecule has 0 bridgehead atoms. The van der Waals surface area contributed by atoms with Crippen LogP contribution in [0.2, 0.25) is 0 Å². The maximum Gasteiger partial charge on any atom is 0.224 e. The number of benzene rings is 1. The van der Waals surface area contributed by atoms with E-state index in [1.807, 2.05) is 41.7 Å². The highest BCUT2D eigenvalue weighted by Gasteiger charge is 2.15. The molecule has 2 aliphatic heterocycles. The molecule has 21 heavy (non-hydrogen) atoms. The van der Waals surface area contributed by atoms with Crippen molar-refractivity contribution in [2.24, 2.45) is 4.99 Å². The molecule has 0 radical (unpaired) electrons. The number of nitrogens with one attached hydrogen (secondary N) is 1. The number of aryl methyl sites for hydroxylation is 1. The summed E-state index contributed by atoms with van der Waals surface area (Å²) in [6, 6.07) is 5.96. The lowest BCUT2D eigenvalue weighted by atomic mass is 10.0. The number of thioether (sulfide) groups is 2. The number of nitrogens with zero attached hydrogens (tertiary/aromatic N) is 1. The van der Waals surface area contributed by atoms with Gasteiger partial charge in [-0.25, -0.2) is 0 Å². The van der Waals surface area contributed by atoms with Crippen LogP contribution in [0.15, 0.2) is 23.2 Å². The maximum atomic E-state index is 11.4. The van der Waals surface area contributed by atoms with Crippen LogP contribution in [-0.4, -0.2) is 34.9 Å². The van der Waals surface area contributed by atoms with Crippen LogP contribution in [0.3, 0.4) is 0 Å². The summed E-state index contributed by atoms with van der Waals surface area (Å²) in [6.45, 7) is 1.65. The van der Waals surface area contributed by atoms with Crippen LogP contribution < -0.4 is 10.1 Å². The molecule has 2 heterocycles. The van der Waals surface area contributed by atoms with Crippen LogP contribution in [0.5, 0.6) is 5.75 Å². The molecular weight excluding hydrogens is 304 g/mol. The molecule has 0 aliphatic carbocycles. The van der Waals surface area contributed by atoms with Crippen molar-refractivity contribution in [2.75, 3.05) is 30.0 Å². The van der Waals surface area contributed by atoms with Gasteiger partial charge in [-0.05, 0) is 24.5 Å². The lowest BCUT2D eigenvalue weighted by Crippen LogP contribution is -2.18. The van der Waals surface area contributed by atoms with E-state index in [2.05, 4.69) is 10.3 Å². The van der Waals surface area contributed by atoms with E-state index in [1.54, 1.807) is 0 Å². The first-order valence-electron chi connectivity index (χ1n) is 7.17. The lowest BCUT2D eigenvalue weighted by Gasteiger charge is -2.17. The standard InChI is InChI=1S/C15H18N2O2S2/c18-14-5-3-11-2-4-12(10-13(11)17-14)19-7-1-8-20-15-16-6-9-21-15/h2,4,10H,1,3,5-9H2,(H,17,18). The molecule has 1 amide bonds. The molecule has 0 atom stereocenters. The molecule has 0 aromatic heterocycles. The van der Waals surface area contributed by atoms with Gasteiger partial charge in [0, 0.05) is 29.7 Å². The van der Waals surface area contributed by atoms with Crippen LogP contribution >= 0.6 is 23.5 Å². The molecule has 4 nitrogen and oxygen atoms in total. The first-order valence-corrected chi connectivity index (χ1v) is 9.14. The number of ether oxygens (including phenoxy) is 1. The minimum atomic E-state index is 0.0888. The molecule has 0 saturated heterocycles. The summed E-state index contributed by atoms with van der Waals surface area (Å²) < 4.78 is 6.98. The number of amides is 1. The Kier molecular flexibility index (Phi) is 5.08. The van der Waals surface area contributed by atoms with Gasteiger partial charge in [-0.3, -0.25) is 9.79 Å². The average molecular weight is 322 g/mol. The van der Waals surface area contributed by atoms with Gasteiger partial charge in [0.05, 0.1) is 13.2 Å². The second kappa shape index (κ2) is 7.22.